The number of rotatable bonds is 5. The second-order valence-corrected chi connectivity index (χ2v) is 7.67. The van der Waals surface area contributed by atoms with E-state index in [1.807, 2.05) is 0 Å². The summed E-state index contributed by atoms with van der Waals surface area (Å²) in [4.78, 5) is 35.4. The summed E-state index contributed by atoms with van der Waals surface area (Å²) in [6.07, 6.45) is -2.87. The van der Waals surface area contributed by atoms with Crippen LogP contribution in [0, 0.1) is 0 Å². The molecule has 2 aromatic heterocycles. The van der Waals surface area contributed by atoms with Gasteiger partial charge in [0.1, 0.15) is 48.9 Å². The van der Waals surface area contributed by atoms with E-state index in [9.17, 15) is 19.8 Å². The lowest BCUT2D eigenvalue weighted by atomic mass is 10.1. The highest BCUT2D eigenvalue weighted by molar-refractivity contribution is 5.81. The minimum Gasteiger partial charge on any atom is -0.461 e. The van der Waals surface area contributed by atoms with Crippen LogP contribution in [-0.2, 0) is 19.0 Å². The maximum Gasteiger partial charge on any atom is 0.408 e. The van der Waals surface area contributed by atoms with Gasteiger partial charge in [-0.1, -0.05) is 0 Å². The standard InChI is InChI=1S/C17H24N6O7/c1-17(2,3)30-16(27)19-4-9(24)28-5-8-11(25)12(26)15(29-8)23-7-22-10-13(18)20-6-21-14(10)23/h6-8,11-12,15,25-26H,4-5H2,1-3H3,(H,19,27)(H2,18,20,21)/t8-,11-,12-,15-/m1/s1. The molecule has 4 atom stereocenters. The van der Waals surface area contributed by atoms with E-state index in [1.54, 1.807) is 20.8 Å². The Morgan fingerprint density at radius 3 is 2.70 bits per heavy atom. The summed E-state index contributed by atoms with van der Waals surface area (Å²) in [6, 6.07) is 0. The lowest BCUT2D eigenvalue weighted by Gasteiger charge is -2.19. The smallest absolute Gasteiger partial charge is 0.408 e. The van der Waals surface area contributed by atoms with E-state index in [4.69, 9.17) is 19.9 Å². The van der Waals surface area contributed by atoms with E-state index < -0.39 is 48.7 Å². The number of amides is 1. The molecule has 13 heteroatoms. The highest BCUT2D eigenvalue weighted by Crippen LogP contribution is 2.32. The molecule has 164 valence electrons. The molecule has 1 amide bonds. The Morgan fingerprint density at radius 2 is 2.00 bits per heavy atom. The Balaban J connectivity index is 1.56. The van der Waals surface area contributed by atoms with Crippen LogP contribution in [0.2, 0.25) is 0 Å². The number of ether oxygens (including phenoxy) is 3. The summed E-state index contributed by atoms with van der Waals surface area (Å²) in [5.74, 6) is -0.599. The second kappa shape index (κ2) is 8.38. The van der Waals surface area contributed by atoms with Crippen LogP contribution in [0.5, 0.6) is 0 Å². The number of hydrogen-bond donors (Lipinski definition) is 4. The first-order chi connectivity index (χ1) is 14.1. The van der Waals surface area contributed by atoms with Gasteiger partial charge in [-0.2, -0.15) is 0 Å². The van der Waals surface area contributed by atoms with Crippen LogP contribution >= 0.6 is 0 Å². The van der Waals surface area contributed by atoms with Gasteiger partial charge in [-0.25, -0.2) is 19.7 Å². The van der Waals surface area contributed by atoms with Crippen molar-refractivity contribution in [2.24, 2.45) is 0 Å². The highest BCUT2D eigenvalue weighted by Gasteiger charge is 2.45. The summed E-state index contributed by atoms with van der Waals surface area (Å²) >= 11 is 0. The van der Waals surface area contributed by atoms with Crippen LogP contribution in [0.15, 0.2) is 12.7 Å². The zero-order valence-corrected chi connectivity index (χ0v) is 16.7. The molecule has 2 aromatic rings. The predicted octanol–water partition coefficient (Wildman–Crippen LogP) is -0.904. The van der Waals surface area contributed by atoms with Gasteiger partial charge in [0, 0.05) is 0 Å². The van der Waals surface area contributed by atoms with E-state index >= 15 is 0 Å². The molecule has 0 aromatic carbocycles. The summed E-state index contributed by atoms with van der Waals surface area (Å²) in [5.41, 5.74) is 5.69. The Bertz CT molecular complexity index is 927. The van der Waals surface area contributed by atoms with E-state index in [1.165, 1.54) is 17.2 Å². The van der Waals surface area contributed by atoms with E-state index in [-0.39, 0.29) is 12.4 Å². The number of anilines is 1. The van der Waals surface area contributed by atoms with E-state index in [2.05, 4.69) is 20.3 Å². The van der Waals surface area contributed by atoms with Gasteiger partial charge in [-0.05, 0) is 20.8 Å². The van der Waals surface area contributed by atoms with Gasteiger partial charge in [-0.15, -0.1) is 0 Å². The van der Waals surface area contributed by atoms with Gasteiger partial charge in [0.2, 0.25) is 0 Å². The molecule has 3 rings (SSSR count). The molecule has 1 saturated heterocycles. The minimum atomic E-state index is -1.33. The first kappa shape index (κ1) is 21.7. The van der Waals surface area contributed by atoms with Crippen LogP contribution in [0.25, 0.3) is 11.2 Å². The van der Waals surface area contributed by atoms with Gasteiger partial charge in [-0.3, -0.25) is 9.36 Å². The average molecular weight is 424 g/mol. The Labute approximate surface area is 171 Å². The fraction of sp³-hybridized carbons (Fsp3) is 0.588. The SMILES string of the molecule is CC(C)(C)OC(=O)NCC(=O)OC[C@H]1O[C@@H](n2cnc3c(N)ncnc32)[C@H](O)[C@@H]1O. The number of nitrogens with one attached hydrogen (secondary N) is 1. The van der Waals surface area contributed by atoms with Gasteiger partial charge >= 0.3 is 12.1 Å². The molecule has 0 bridgehead atoms. The highest BCUT2D eigenvalue weighted by atomic mass is 16.6. The summed E-state index contributed by atoms with van der Waals surface area (Å²) in [6.45, 7) is 4.30. The number of aliphatic hydroxyl groups is 2. The summed E-state index contributed by atoms with van der Waals surface area (Å²) in [5, 5.41) is 22.9. The van der Waals surface area contributed by atoms with Crippen LogP contribution < -0.4 is 11.1 Å². The number of carbonyl (C=O) groups excluding carboxylic acids is 2. The molecule has 3 heterocycles. The largest absolute Gasteiger partial charge is 0.461 e. The fourth-order valence-corrected chi connectivity index (χ4v) is 2.84. The summed E-state index contributed by atoms with van der Waals surface area (Å²) in [7, 11) is 0. The zero-order chi connectivity index (χ0) is 22.1. The first-order valence-corrected chi connectivity index (χ1v) is 9.14. The molecule has 0 saturated carbocycles. The molecule has 0 spiro atoms. The number of aromatic nitrogens is 4. The Kier molecular flexibility index (Phi) is 6.05. The van der Waals surface area contributed by atoms with Crippen molar-refractivity contribution in [2.75, 3.05) is 18.9 Å². The first-order valence-electron chi connectivity index (χ1n) is 9.14. The fourth-order valence-electron chi connectivity index (χ4n) is 2.84. The van der Waals surface area contributed by atoms with Crippen molar-refractivity contribution in [1.29, 1.82) is 0 Å². The molecular formula is C17H24N6O7. The minimum absolute atomic E-state index is 0.162. The average Bonchev–Trinajstić information content (AvgIpc) is 3.20. The second-order valence-electron chi connectivity index (χ2n) is 7.67. The van der Waals surface area contributed by atoms with Gasteiger partial charge in [0.15, 0.2) is 17.7 Å². The van der Waals surface area contributed by atoms with Gasteiger partial charge in [0.05, 0.1) is 6.33 Å². The van der Waals surface area contributed by atoms with Crippen molar-refractivity contribution < 1.29 is 34.0 Å². The van der Waals surface area contributed by atoms with Crippen LogP contribution in [0.4, 0.5) is 10.6 Å². The number of hydrogen-bond acceptors (Lipinski definition) is 11. The summed E-state index contributed by atoms with van der Waals surface area (Å²) < 4.78 is 17.1. The number of esters is 1. The Morgan fingerprint density at radius 1 is 1.27 bits per heavy atom. The zero-order valence-electron chi connectivity index (χ0n) is 16.7. The van der Waals surface area contributed by atoms with Crippen molar-refractivity contribution in [3.8, 4) is 0 Å². The number of carbonyl (C=O) groups is 2. The topological polar surface area (TPSA) is 184 Å². The molecule has 30 heavy (non-hydrogen) atoms. The molecule has 1 aliphatic heterocycles. The van der Waals surface area contributed by atoms with Crippen molar-refractivity contribution in [1.82, 2.24) is 24.8 Å². The Hall–Kier alpha value is -3.03. The number of nitrogens with two attached hydrogens (primary N) is 1. The number of imidazole rings is 1. The third kappa shape index (κ3) is 4.75. The number of nitrogens with zero attached hydrogens (tertiary/aromatic N) is 4. The monoisotopic (exact) mass is 424 g/mol. The molecular weight excluding hydrogens is 400 g/mol. The van der Waals surface area contributed by atoms with E-state index in [0.717, 1.165) is 0 Å². The molecule has 1 aliphatic rings. The third-order valence-corrected chi connectivity index (χ3v) is 4.18. The van der Waals surface area contributed by atoms with Crippen molar-refractivity contribution in [3.05, 3.63) is 12.7 Å². The molecule has 0 radical (unpaired) electrons. The molecule has 1 fully saturated rings. The van der Waals surface area contributed by atoms with Gasteiger partial charge in [0.25, 0.3) is 0 Å². The molecule has 0 unspecified atom stereocenters. The third-order valence-electron chi connectivity index (χ3n) is 4.18. The van der Waals surface area contributed by atoms with Crippen molar-refractivity contribution in [2.45, 2.75) is 50.9 Å². The molecule has 0 aliphatic carbocycles. The molecule has 13 nitrogen and oxygen atoms in total. The predicted molar refractivity (Wildman–Crippen MR) is 101 cm³/mol. The number of fused-ring (bicyclic) bond motifs is 1. The van der Waals surface area contributed by atoms with Crippen LogP contribution in [0.3, 0.4) is 0 Å². The lowest BCUT2D eigenvalue weighted by Crippen LogP contribution is -2.38. The number of nitrogen functional groups attached to an aromatic ring is 1. The number of aliphatic hydroxyl groups excluding tert-OH is 2. The normalized spacial score (nSPS) is 24.0. The van der Waals surface area contributed by atoms with E-state index in [0.29, 0.717) is 11.2 Å². The quantitative estimate of drug-likeness (QED) is 0.436. The lowest BCUT2D eigenvalue weighted by molar-refractivity contribution is -0.149. The maximum absolute atomic E-state index is 11.8. The molecule has 5 N–H and O–H groups in total. The van der Waals surface area contributed by atoms with Crippen molar-refractivity contribution >= 4 is 29.0 Å². The maximum atomic E-state index is 11.8. The van der Waals surface area contributed by atoms with Gasteiger partial charge < -0.3 is 35.5 Å². The van der Waals surface area contributed by atoms with Crippen molar-refractivity contribution in [3.63, 3.8) is 0 Å². The number of alkyl carbamates (subject to hydrolysis) is 1. The van der Waals surface area contributed by atoms with Crippen LogP contribution in [-0.4, -0.2) is 78.9 Å². The van der Waals surface area contributed by atoms with Crippen LogP contribution in [0.1, 0.15) is 27.0 Å².